The number of fused-ring (bicyclic) bond motifs is 1. The van der Waals surface area contributed by atoms with Gasteiger partial charge >= 0.3 is 0 Å². The zero-order valence-corrected chi connectivity index (χ0v) is 13.0. The van der Waals surface area contributed by atoms with Gasteiger partial charge in [-0.25, -0.2) is 4.98 Å². The zero-order chi connectivity index (χ0) is 15.7. The molecule has 0 bridgehead atoms. The average molecular weight is 336 g/mol. The van der Waals surface area contributed by atoms with Crippen molar-refractivity contribution < 1.29 is 14.0 Å². The van der Waals surface area contributed by atoms with Crippen molar-refractivity contribution in [2.75, 3.05) is 5.32 Å². The van der Waals surface area contributed by atoms with E-state index in [2.05, 4.69) is 14.7 Å². The normalized spacial score (nSPS) is 10.8. The standard InChI is InChI=1S/C14H10ClN3O3S/c1-7(19)4-12-16-14(22-18-12)17-13(20)11-6-8-5-9(15)2-3-10(8)21-11/h2-3,5-6H,4H2,1H3,(H,16,17,18,20). The molecule has 3 rings (SSSR count). The van der Waals surface area contributed by atoms with Crippen LogP contribution >= 0.6 is 23.1 Å². The zero-order valence-electron chi connectivity index (χ0n) is 11.4. The molecule has 0 unspecified atom stereocenters. The van der Waals surface area contributed by atoms with Gasteiger partial charge < -0.3 is 4.42 Å². The number of ketones is 1. The Morgan fingerprint density at radius 2 is 2.18 bits per heavy atom. The van der Waals surface area contributed by atoms with E-state index in [0.717, 1.165) is 16.9 Å². The van der Waals surface area contributed by atoms with Gasteiger partial charge in [0, 0.05) is 21.9 Å². The van der Waals surface area contributed by atoms with Gasteiger partial charge in [-0.15, -0.1) is 0 Å². The van der Waals surface area contributed by atoms with Crippen molar-refractivity contribution in [1.29, 1.82) is 0 Å². The van der Waals surface area contributed by atoms with Crippen molar-refractivity contribution in [3.05, 3.63) is 40.9 Å². The van der Waals surface area contributed by atoms with Gasteiger partial charge in [0.05, 0.1) is 6.42 Å². The Balaban J connectivity index is 1.77. The van der Waals surface area contributed by atoms with E-state index in [1.807, 2.05) is 0 Å². The number of rotatable bonds is 4. The Morgan fingerprint density at radius 3 is 2.95 bits per heavy atom. The molecule has 0 aliphatic carbocycles. The second-order valence-electron chi connectivity index (χ2n) is 4.64. The molecule has 0 radical (unpaired) electrons. The summed E-state index contributed by atoms with van der Waals surface area (Å²) in [7, 11) is 0. The van der Waals surface area contributed by atoms with Crippen molar-refractivity contribution >= 4 is 50.9 Å². The summed E-state index contributed by atoms with van der Waals surface area (Å²) in [6, 6.07) is 6.71. The molecule has 0 aliphatic heterocycles. The Kier molecular flexibility index (Phi) is 3.91. The molecular weight excluding hydrogens is 326 g/mol. The Labute approximate surface area is 134 Å². The number of carbonyl (C=O) groups is 2. The summed E-state index contributed by atoms with van der Waals surface area (Å²) in [5, 5.41) is 4.23. The molecule has 112 valence electrons. The van der Waals surface area contributed by atoms with Crippen LogP contribution in [-0.4, -0.2) is 21.0 Å². The maximum absolute atomic E-state index is 12.1. The minimum atomic E-state index is -0.433. The number of aromatic nitrogens is 2. The highest BCUT2D eigenvalue weighted by Crippen LogP contribution is 2.24. The van der Waals surface area contributed by atoms with Crippen molar-refractivity contribution in [3.63, 3.8) is 0 Å². The van der Waals surface area contributed by atoms with Crippen molar-refractivity contribution in [3.8, 4) is 0 Å². The molecular formula is C14H10ClN3O3S. The number of benzene rings is 1. The molecule has 0 atom stereocenters. The number of Topliss-reactive ketones (excluding diaryl/α,β-unsaturated/α-hetero) is 1. The lowest BCUT2D eigenvalue weighted by Gasteiger charge is -1.96. The Bertz CT molecular complexity index is 871. The lowest BCUT2D eigenvalue weighted by atomic mass is 10.2. The lowest BCUT2D eigenvalue weighted by molar-refractivity contribution is -0.116. The fraction of sp³-hybridized carbons (Fsp3) is 0.143. The van der Waals surface area contributed by atoms with Crippen LogP contribution in [0.5, 0.6) is 0 Å². The SMILES string of the molecule is CC(=O)Cc1nsc(NC(=O)c2cc3cc(Cl)ccc3o2)n1. The van der Waals surface area contributed by atoms with E-state index in [0.29, 0.717) is 21.6 Å². The molecule has 0 saturated heterocycles. The topological polar surface area (TPSA) is 85.1 Å². The lowest BCUT2D eigenvalue weighted by Crippen LogP contribution is -2.10. The van der Waals surface area contributed by atoms with Gasteiger partial charge in [0.2, 0.25) is 5.13 Å². The first-order valence-electron chi connectivity index (χ1n) is 6.34. The smallest absolute Gasteiger partial charge is 0.293 e. The highest BCUT2D eigenvalue weighted by Gasteiger charge is 2.15. The van der Waals surface area contributed by atoms with E-state index < -0.39 is 5.91 Å². The maximum atomic E-state index is 12.1. The van der Waals surface area contributed by atoms with Crippen molar-refractivity contribution in [1.82, 2.24) is 9.36 Å². The quantitative estimate of drug-likeness (QED) is 0.790. The van der Waals surface area contributed by atoms with E-state index in [1.54, 1.807) is 24.3 Å². The molecule has 0 fully saturated rings. The number of nitrogens with zero attached hydrogens (tertiary/aromatic N) is 2. The van der Waals surface area contributed by atoms with Crippen molar-refractivity contribution in [2.24, 2.45) is 0 Å². The predicted molar refractivity (Wildman–Crippen MR) is 83.5 cm³/mol. The fourth-order valence-electron chi connectivity index (χ4n) is 1.88. The highest BCUT2D eigenvalue weighted by molar-refractivity contribution is 7.09. The number of furan rings is 1. The summed E-state index contributed by atoms with van der Waals surface area (Å²) in [5.41, 5.74) is 0.573. The van der Waals surface area contributed by atoms with Crippen LogP contribution in [0.15, 0.2) is 28.7 Å². The van der Waals surface area contributed by atoms with E-state index in [-0.39, 0.29) is 18.0 Å². The number of hydrogen-bond acceptors (Lipinski definition) is 6. The third-order valence-corrected chi connectivity index (χ3v) is 3.70. The molecule has 1 amide bonds. The summed E-state index contributed by atoms with van der Waals surface area (Å²) >= 11 is 6.91. The molecule has 0 aliphatic rings. The third kappa shape index (κ3) is 3.15. The largest absolute Gasteiger partial charge is 0.451 e. The number of carbonyl (C=O) groups excluding carboxylic acids is 2. The number of nitrogens with one attached hydrogen (secondary N) is 1. The van der Waals surface area contributed by atoms with Gasteiger partial charge in [0.1, 0.15) is 11.4 Å². The van der Waals surface area contributed by atoms with Gasteiger partial charge in [-0.1, -0.05) is 11.6 Å². The van der Waals surface area contributed by atoms with Gasteiger partial charge in [-0.05, 0) is 31.2 Å². The first kappa shape index (κ1) is 14.7. The molecule has 0 saturated carbocycles. The van der Waals surface area contributed by atoms with E-state index >= 15 is 0 Å². The minimum Gasteiger partial charge on any atom is -0.451 e. The van der Waals surface area contributed by atoms with Crippen LogP contribution in [0.1, 0.15) is 23.3 Å². The summed E-state index contributed by atoms with van der Waals surface area (Å²) < 4.78 is 9.46. The van der Waals surface area contributed by atoms with Gasteiger partial charge in [-0.2, -0.15) is 4.37 Å². The van der Waals surface area contributed by atoms with Gasteiger partial charge in [-0.3, -0.25) is 14.9 Å². The second-order valence-corrected chi connectivity index (χ2v) is 5.83. The molecule has 8 heteroatoms. The van der Waals surface area contributed by atoms with Crippen LogP contribution in [0.25, 0.3) is 11.0 Å². The van der Waals surface area contributed by atoms with Crippen LogP contribution < -0.4 is 5.32 Å². The molecule has 1 N–H and O–H groups in total. The molecule has 3 aromatic rings. The number of hydrogen-bond donors (Lipinski definition) is 1. The average Bonchev–Trinajstić information content (AvgIpc) is 3.04. The van der Waals surface area contributed by atoms with Crippen LogP contribution in [-0.2, 0) is 11.2 Å². The van der Waals surface area contributed by atoms with E-state index in [4.69, 9.17) is 16.0 Å². The Hall–Kier alpha value is -2.25. The first-order chi connectivity index (χ1) is 10.5. The summed E-state index contributed by atoms with van der Waals surface area (Å²) in [6.07, 6.45) is 0.148. The summed E-state index contributed by atoms with van der Waals surface area (Å²) in [5.74, 6) is 0.0764. The predicted octanol–water partition coefficient (Wildman–Crippen LogP) is 3.32. The van der Waals surface area contributed by atoms with Crippen molar-refractivity contribution in [2.45, 2.75) is 13.3 Å². The van der Waals surface area contributed by atoms with E-state index in [1.165, 1.54) is 6.92 Å². The number of anilines is 1. The Morgan fingerprint density at radius 1 is 1.36 bits per heavy atom. The number of amides is 1. The minimum absolute atomic E-state index is 0.0372. The summed E-state index contributed by atoms with van der Waals surface area (Å²) in [6.45, 7) is 1.46. The molecule has 1 aromatic carbocycles. The molecule has 2 heterocycles. The second kappa shape index (κ2) is 5.86. The maximum Gasteiger partial charge on any atom is 0.293 e. The van der Waals surface area contributed by atoms with Gasteiger partial charge in [0.15, 0.2) is 11.6 Å². The molecule has 22 heavy (non-hydrogen) atoms. The summed E-state index contributed by atoms with van der Waals surface area (Å²) in [4.78, 5) is 27.2. The van der Waals surface area contributed by atoms with Gasteiger partial charge in [0.25, 0.3) is 5.91 Å². The monoisotopic (exact) mass is 335 g/mol. The van der Waals surface area contributed by atoms with Crippen LogP contribution in [0, 0.1) is 0 Å². The number of halogens is 1. The van der Waals surface area contributed by atoms with Crippen LogP contribution in [0.3, 0.4) is 0 Å². The fourth-order valence-corrected chi connectivity index (χ4v) is 2.65. The van der Waals surface area contributed by atoms with E-state index in [9.17, 15) is 9.59 Å². The third-order valence-electron chi connectivity index (χ3n) is 2.80. The molecule has 0 spiro atoms. The van der Waals surface area contributed by atoms with Crippen LogP contribution in [0.2, 0.25) is 5.02 Å². The highest BCUT2D eigenvalue weighted by atomic mass is 35.5. The first-order valence-corrected chi connectivity index (χ1v) is 7.49. The van der Waals surface area contributed by atoms with Crippen LogP contribution in [0.4, 0.5) is 5.13 Å². The molecule has 6 nitrogen and oxygen atoms in total. The molecule has 2 aromatic heterocycles.